The number of carbonyl (C=O) groups excluding carboxylic acids is 1. The summed E-state index contributed by atoms with van der Waals surface area (Å²) in [5, 5.41) is 34.5. The first-order chi connectivity index (χ1) is 13.2. The van der Waals surface area contributed by atoms with Crippen LogP contribution in [0.2, 0.25) is 0 Å². The Balaban J connectivity index is 1.75. The summed E-state index contributed by atoms with van der Waals surface area (Å²) in [6, 6.07) is 9.76. The van der Waals surface area contributed by atoms with E-state index in [1.165, 1.54) is 0 Å². The van der Waals surface area contributed by atoms with Crippen LogP contribution in [0.15, 0.2) is 30.3 Å². The van der Waals surface area contributed by atoms with Gasteiger partial charge in [-0.25, -0.2) is 0 Å². The van der Waals surface area contributed by atoms with E-state index < -0.39 is 17.6 Å². The molecule has 2 fully saturated rings. The van der Waals surface area contributed by atoms with Crippen LogP contribution in [0.25, 0.3) is 0 Å². The number of fused-ring (bicyclic) bond motifs is 1. The van der Waals surface area contributed by atoms with Crippen LogP contribution < -0.4 is 5.32 Å². The summed E-state index contributed by atoms with van der Waals surface area (Å²) >= 11 is 0. The first-order valence-electron chi connectivity index (χ1n) is 10.5. The molecule has 4 N–H and O–H groups in total. The van der Waals surface area contributed by atoms with E-state index in [1.807, 2.05) is 44.2 Å². The molecule has 0 aliphatic heterocycles. The number of aliphatic hydroxyl groups excluding tert-OH is 3. The fraction of sp³-hybridized carbons (Fsp3) is 0.696. The Bertz CT molecular complexity index is 680. The van der Waals surface area contributed by atoms with E-state index in [1.54, 1.807) is 0 Å². The standard InChI is InChI=1S/C23H35NO4/c1-15(16-7-5-4-6-8-16)24-21(28)13-17-18(26)9-10-19-22(17,2)12-11-20(27)23(19,3)14-25/h4-8,15,17-20,25-27H,9-14H2,1-3H3,(H,24,28)/t15-,17+,18-,19+,20-,22+,23+/m1/s1. The zero-order chi connectivity index (χ0) is 20.5. The van der Waals surface area contributed by atoms with E-state index in [-0.39, 0.29) is 42.2 Å². The highest BCUT2D eigenvalue weighted by Crippen LogP contribution is 2.60. The van der Waals surface area contributed by atoms with E-state index in [0.717, 1.165) is 18.4 Å². The first kappa shape index (κ1) is 21.3. The van der Waals surface area contributed by atoms with Crippen LogP contribution in [0.4, 0.5) is 0 Å². The van der Waals surface area contributed by atoms with Crippen LogP contribution in [0, 0.1) is 22.7 Å². The van der Waals surface area contributed by atoms with E-state index in [0.29, 0.717) is 12.8 Å². The molecule has 2 saturated carbocycles. The van der Waals surface area contributed by atoms with Gasteiger partial charge >= 0.3 is 0 Å². The van der Waals surface area contributed by atoms with Crippen molar-refractivity contribution in [3.8, 4) is 0 Å². The number of hydrogen-bond acceptors (Lipinski definition) is 4. The van der Waals surface area contributed by atoms with Gasteiger partial charge in [0.15, 0.2) is 0 Å². The minimum Gasteiger partial charge on any atom is -0.396 e. The van der Waals surface area contributed by atoms with Gasteiger partial charge in [-0.15, -0.1) is 0 Å². The summed E-state index contributed by atoms with van der Waals surface area (Å²) in [4.78, 5) is 12.8. The third-order valence-corrected chi connectivity index (χ3v) is 7.80. The van der Waals surface area contributed by atoms with E-state index >= 15 is 0 Å². The zero-order valence-corrected chi connectivity index (χ0v) is 17.3. The van der Waals surface area contributed by atoms with Gasteiger partial charge in [-0.1, -0.05) is 44.2 Å². The van der Waals surface area contributed by atoms with Gasteiger partial charge < -0.3 is 20.6 Å². The smallest absolute Gasteiger partial charge is 0.220 e. The average molecular weight is 390 g/mol. The first-order valence-corrected chi connectivity index (χ1v) is 10.5. The van der Waals surface area contributed by atoms with Gasteiger partial charge in [0.1, 0.15) is 0 Å². The molecule has 2 aliphatic rings. The molecule has 0 bridgehead atoms. The van der Waals surface area contributed by atoms with Gasteiger partial charge in [-0.3, -0.25) is 4.79 Å². The van der Waals surface area contributed by atoms with Crippen LogP contribution in [0.1, 0.15) is 64.5 Å². The minimum atomic E-state index is -0.584. The monoisotopic (exact) mass is 389 g/mol. The van der Waals surface area contributed by atoms with Gasteiger partial charge in [0.25, 0.3) is 0 Å². The highest BCUT2D eigenvalue weighted by molar-refractivity contribution is 5.76. The van der Waals surface area contributed by atoms with Gasteiger partial charge in [0.05, 0.1) is 24.9 Å². The lowest BCUT2D eigenvalue weighted by atomic mass is 9.46. The third-order valence-electron chi connectivity index (χ3n) is 7.80. The highest BCUT2D eigenvalue weighted by Gasteiger charge is 2.59. The number of nitrogens with one attached hydrogen (secondary N) is 1. The number of amides is 1. The second-order valence-corrected chi connectivity index (χ2v) is 9.43. The van der Waals surface area contributed by atoms with Crippen molar-refractivity contribution >= 4 is 5.91 Å². The van der Waals surface area contributed by atoms with Crippen molar-refractivity contribution in [1.29, 1.82) is 0 Å². The van der Waals surface area contributed by atoms with Crippen molar-refractivity contribution < 1.29 is 20.1 Å². The molecule has 7 atom stereocenters. The zero-order valence-electron chi connectivity index (χ0n) is 17.3. The number of benzene rings is 1. The van der Waals surface area contributed by atoms with Crippen molar-refractivity contribution in [2.24, 2.45) is 22.7 Å². The van der Waals surface area contributed by atoms with Gasteiger partial charge in [-0.2, -0.15) is 0 Å². The van der Waals surface area contributed by atoms with Gasteiger partial charge in [-0.05, 0) is 55.4 Å². The van der Waals surface area contributed by atoms with Crippen molar-refractivity contribution in [3.05, 3.63) is 35.9 Å². The van der Waals surface area contributed by atoms with Crippen LogP contribution in [0.3, 0.4) is 0 Å². The molecule has 1 aromatic carbocycles. The Morgan fingerprint density at radius 3 is 2.50 bits per heavy atom. The molecule has 28 heavy (non-hydrogen) atoms. The molecule has 5 heteroatoms. The van der Waals surface area contributed by atoms with Gasteiger partial charge in [0, 0.05) is 11.8 Å². The molecule has 5 nitrogen and oxygen atoms in total. The maximum absolute atomic E-state index is 12.8. The summed E-state index contributed by atoms with van der Waals surface area (Å²) in [6.45, 7) is 5.98. The highest BCUT2D eigenvalue weighted by atomic mass is 16.3. The quantitative estimate of drug-likeness (QED) is 0.623. The molecule has 0 aromatic heterocycles. The predicted octanol–water partition coefficient (Wildman–Crippen LogP) is 2.80. The van der Waals surface area contributed by atoms with Crippen molar-refractivity contribution in [2.75, 3.05) is 6.61 Å². The summed E-state index contributed by atoms with van der Waals surface area (Å²) in [7, 11) is 0. The van der Waals surface area contributed by atoms with E-state index in [2.05, 4.69) is 12.2 Å². The SMILES string of the molecule is C[C@@H](NC(=O)C[C@H]1[C@H](O)CC[C@@H]2[C@](C)(CO)[C@H](O)CC[C@]21C)c1ccccc1. The number of rotatable bonds is 5. The molecule has 0 heterocycles. The Morgan fingerprint density at radius 2 is 1.86 bits per heavy atom. The Hall–Kier alpha value is -1.43. The molecular formula is C23H35NO4. The molecule has 0 unspecified atom stereocenters. The second-order valence-electron chi connectivity index (χ2n) is 9.43. The fourth-order valence-electron chi connectivity index (χ4n) is 5.93. The predicted molar refractivity (Wildman–Crippen MR) is 108 cm³/mol. The molecule has 1 amide bonds. The lowest BCUT2D eigenvalue weighted by Gasteiger charge is -2.60. The largest absolute Gasteiger partial charge is 0.396 e. The third kappa shape index (κ3) is 3.72. The summed E-state index contributed by atoms with van der Waals surface area (Å²) in [5.74, 6) is -0.145. The van der Waals surface area contributed by atoms with E-state index in [9.17, 15) is 20.1 Å². The van der Waals surface area contributed by atoms with Crippen molar-refractivity contribution in [3.63, 3.8) is 0 Å². The molecular weight excluding hydrogens is 354 g/mol. The van der Waals surface area contributed by atoms with Crippen LogP contribution in [-0.2, 0) is 4.79 Å². The molecule has 1 aromatic rings. The summed E-state index contributed by atoms with van der Waals surface area (Å²) in [5.41, 5.74) is 0.193. The number of aliphatic hydroxyl groups is 3. The van der Waals surface area contributed by atoms with Crippen LogP contribution in [0.5, 0.6) is 0 Å². The Labute approximate surface area is 168 Å². The van der Waals surface area contributed by atoms with Crippen LogP contribution in [-0.4, -0.2) is 40.0 Å². The number of hydrogen-bond donors (Lipinski definition) is 4. The Morgan fingerprint density at radius 1 is 1.18 bits per heavy atom. The molecule has 156 valence electrons. The normalized spacial score (nSPS) is 39.1. The van der Waals surface area contributed by atoms with Crippen molar-refractivity contribution in [2.45, 2.75) is 71.1 Å². The number of carbonyl (C=O) groups is 1. The van der Waals surface area contributed by atoms with Gasteiger partial charge in [0.2, 0.25) is 5.91 Å². The lowest BCUT2D eigenvalue weighted by Crippen LogP contribution is -2.60. The Kier molecular flexibility index (Phi) is 6.18. The molecule has 0 radical (unpaired) electrons. The molecule has 0 spiro atoms. The average Bonchev–Trinajstić information content (AvgIpc) is 2.68. The topological polar surface area (TPSA) is 89.8 Å². The lowest BCUT2D eigenvalue weighted by molar-refractivity contribution is -0.186. The summed E-state index contributed by atoms with van der Waals surface area (Å²) < 4.78 is 0. The maximum Gasteiger partial charge on any atom is 0.220 e. The fourth-order valence-corrected chi connectivity index (χ4v) is 5.93. The van der Waals surface area contributed by atoms with E-state index in [4.69, 9.17) is 0 Å². The molecule has 0 saturated heterocycles. The van der Waals surface area contributed by atoms with Crippen LogP contribution >= 0.6 is 0 Å². The molecule has 2 aliphatic carbocycles. The van der Waals surface area contributed by atoms with Crippen molar-refractivity contribution in [1.82, 2.24) is 5.32 Å². The minimum absolute atomic E-state index is 0.0564. The molecule has 3 rings (SSSR count). The summed E-state index contributed by atoms with van der Waals surface area (Å²) in [6.07, 6.45) is 1.92. The second kappa shape index (κ2) is 8.13. The maximum atomic E-state index is 12.8.